The fraction of sp³-hybridized carbons (Fsp3) is 0.467. The van der Waals surface area contributed by atoms with E-state index in [9.17, 15) is 14.0 Å². The maximum atomic E-state index is 13.6. The van der Waals surface area contributed by atoms with Crippen LogP contribution in [0.3, 0.4) is 0 Å². The predicted molar refractivity (Wildman–Crippen MR) is 81.0 cm³/mol. The maximum absolute atomic E-state index is 13.6. The van der Waals surface area contributed by atoms with E-state index in [1.54, 1.807) is 12.1 Å². The molecule has 0 bridgehead atoms. The maximum Gasteiger partial charge on any atom is 0.249 e. The standard InChI is InChI=1S/C15H18BrFN2O2/c1-3-15(4-2)14(21)19(9-12(20)18-15)8-10-6-5-7-11(17)13(10)16/h5-7H,3-4,8-9H2,1-2H3,(H,18,20). The Kier molecular flexibility index (Phi) is 4.66. The molecule has 0 radical (unpaired) electrons. The first-order valence-electron chi connectivity index (χ1n) is 6.96. The minimum Gasteiger partial charge on any atom is -0.340 e. The Bertz CT molecular complexity index is 573. The van der Waals surface area contributed by atoms with Crippen molar-refractivity contribution in [3.8, 4) is 0 Å². The van der Waals surface area contributed by atoms with Crippen molar-refractivity contribution >= 4 is 27.7 Å². The fourth-order valence-corrected chi connectivity index (χ4v) is 3.03. The van der Waals surface area contributed by atoms with E-state index in [1.165, 1.54) is 11.0 Å². The molecular formula is C15H18BrFN2O2. The molecule has 114 valence electrons. The number of nitrogens with zero attached hydrogens (tertiary/aromatic N) is 1. The van der Waals surface area contributed by atoms with Crippen LogP contribution in [0.1, 0.15) is 32.3 Å². The van der Waals surface area contributed by atoms with Gasteiger partial charge in [-0.2, -0.15) is 0 Å². The Hall–Kier alpha value is -1.43. The quantitative estimate of drug-likeness (QED) is 0.901. The third-order valence-electron chi connectivity index (χ3n) is 4.01. The normalized spacial score (nSPS) is 17.8. The Balaban J connectivity index is 2.28. The largest absolute Gasteiger partial charge is 0.340 e. The summed E-state index contributed by atoms with van der Waals surface area (Å²) < 4.78 is 13.9. The molecule has 6 heteroatoms. The Morgan fingerprint density at radius 3 is 2.62 bits per heavy atom. The summed E-state index contributed by atoms with van der Waals surface area (Å²) in [4.78, 5) is 26.1. The summed E-state index contributed by atoms with van der Waals surface area (Å²) in [5.74, 6) is -0.659. The molecule has 4 nitrogen and oxygen atoms in total. The average Bonchev–Trinajstić information content (AvgIpc) is 2.47. The summed E-state index contributed by atoms with van der Waals surface area (Å²) >= 11 is 3.19. The number of amides is 2. The van der Waals surface area contributed by atoms with Crippen molar-refractivity contribution in [3.63, 3.8) is 0 Å². The highest BCUT2D eigenvalue weighted by Gasteiger charge is 2.43. The molecule has 1 saturated heterocycles. The number of carbonyl (C=O) groups excluding carboxylic acids is 2. The number of halogens is 2. The molecule has 21 heavy (non-hydrogen) atoms. The van der Waals surface area contributed by atoms with Gasteiger partial charge in [-0.3, -0.25) is 9.59 Å². The molecule has 1 heterocycles. The van der Waals surface area contributed by atoms with Crippen LogP contribution >= 0.6 is 15.9 Å². The lowest BCUT2D eigenvalue weighted by molar-refractivity contribution is -0.151. The molecular weight excluding hydrogens is 339 g/mol. The zero-order valence-electron chi connectivity index (χ0n) is 12.1. The average molecular weight is 357 g/mol. The van der Waals surface area contributed by atoms with Crippen LogP contribution in [0.25, 0.3) is 0 Å². The van der Waals surface area contributed by atoms with Gasteiger partial charge in [0.1, 0.15) is 11.4 Å². The van der Waals surface area contributed by atoms with Crippen LogP contribution in [0.15, 0.2) is 22.7 Å². The fourth-order valence-electron chi connectivity index (χ4n) is 2.64. The van der Waals surface area contributed by atoms with Crippen molar-refractivity contribution in [1.29, 1.82) is 0 Å². The minimum absolute atomic E-state index is 0.00351. The number of nitrogens with one attached hydrogen (secondary N) is 1. The first kappa shape index (κ1) is 15.9. The molecule has 0 aromatic heterocycles. The highest BCUT2D eigenvalue weighted by molar-refractivity contribution is 9.10. The van der Waals surface area contributed by atoms with Crippen LogP contribution in [0.5, 0.6) is 0 Å². The molecule has 0 atom stereocenters. The van der Waals surface area contributed by atoms with E-state index in [4.69, 9.17) is 0 Å². The van der Waals surface area contributed by atoms with Gasteiger partial charge in [0, 0.05) is 6.54 Å². The molecule has 0 aliphatic carbocycles. The first-order chi connectivity index (χ1) is 9.93. The van der Waals surface area contributed by atoms with E-state index in [-0.39, 0.29) is 30.7 Å². The number of hydrogen-bond acceptors (Lipinski definition) is 2. The third kappa shape index (κ3) is 2.95. The van der Waals surface area contributed by atoms with Gasteiger partial charge < -0.3 is 10.2 Å². The zero-order chi connectivity index (χ0) is 15.6. The second-order valence-electron chi connectivity index (χ2n) is 5.21. The second-order valence-corrected chi connectivity index (χ2v) is 6.00. The Morgan fingerprint density at radius 1 is 1.33 bits per heavy atom. The number of piperazine rings is 1. The summed E-state index contributed by atoms with van der Waals surface area (Å²) in [6.07, 6.45) is 1.07. The van der Waals surface area contributed by atoms with Crippen LogP contribution in [0, 0.1) is 5.82 Å². The summed E-state index contributed by atoms with van der Waals surface area (Å²) in [5.41, 5.74) is -0.186. The van der Waals surface area contributed by atoms with Crippen molar-refractivity contribution in [3.05, 3.63) is 34.1 Å². The van der Waals surface area contributed by atoms with Gasteiger partial charge in [-0.15, -0.1) is 0 Å². The van der Waals surface area contributed by atoms with Crippen LogP contribution in [-0.4, -0.2) is 28.8 Å². The second kappa shape index (κ2) is 6.13. The molecule has 1 aliphatic rings. The van der Waals surface area contributed by atoms with Crippen molar-refractivity contribution < 1.29 is 14.0 Å². The van der Waals surface area contributed by atoms with Crippen LogP contribution < -0.4 is 5.32 Å². The summed E-state index contributed by atoms with van der Waals surface area (Å²) in [6, 6.07) is 4.68. The van der Waals surface area contributed by atoms with Crippen LogP contribution in [0.2, 0.25) is 0 Å². The molecule has 1 aliphatic heterocycles. The zero-order valence-corrected chi connectivity index (χ0v) is 13.7. The highest BCUT2D eigenvalue weighted by Crippen LogP contribution is 2.26. The number of rotatable bonds is 4. The van der Waals surface area contributed by atoms with E-state index in [2.05, 4.69) is 21.2 Å². The Labute approximate surface area is 131 Å². The summed E-state index contributed by atoms with van der Waals surface area (Å²) in [6.45, 7) is 3.97. The Morgan fingerprint density at radius 2 is 2.00 bits per heavy atom. The van der Waals surface area contributed by atoms with Gasteiger partial charge in [0.05, 0.1) is 11.0 Å². The third-order valence-corrected chi connectivity index (χ3v) is 4.90. The molecule has 1 fully saturated rings. The van der Waals surface area contributed by atoms with Crippen molar-refractivity contribution in [2.24, 2.45) is 0 Å². The van der Waals surface area contributed by atoms with E-state index >= 15 is 0 Å². The lowest BCUT2D eigenvalue weighted by atomic mass is 9.88. The molecule has 0 spiro atoms. The van der Waals surface area contributed by atoms with Gasteiger partial charge >= 0.3 is 0 Å². The van der Waals surface area contributed by atoms with E-state index in [1.807, 2.05) is 13.8 Å². The van der Waals surface area contributed by atoms with Crippen molar-refractivity contribution in [2.75, 3.05) is 6.54 Å². The molecule has 1 aromatic carbocycles. The van der Waals surface area contributed by atoms with Gasteiger partial charge in [-0.1, -0.05) is 26.0 Å². The van der Waals surface area contributed by atoms with E-state index in [0.717, 1.165) is 0 Å². The van der Waals surface area contributed by atoms with Crippen LogP contribution in [-0.2, 0) is 16.1 Å². The van der Waals surface area contributed by atoms with Gasteiger partial charge in [0.15, 0.2) is 0 Å². The molecule has 2 amide bonds. The summed E-state index contributed by atoms with van der Waals surface area (Å²) in [5, 5.41) is 2.80. The highest BCUT2D eigenvalue weighted by atomic mass is 79.9. The smallest absolute Gasteiger partial charge is 0.249 e. The van der Waals surface area contributed by atoms with Gasteiger partial charge in [0.2, 0.25) is 11.8 Å². The number of benzene rings is 1. The summed E-state index contributed by atoms with van der Waals surface area (Å²) in [7, 11) is 0. The molecule has 0 unspecified atom stereocenters. The SMILES string of the molecule is CCC1(CC)NC(=O)CN(Cc2cccc(F)c2Br)C1=O. The van der Waals surface area contributed by atoms with E-state index in [0.29, 0.717) is 22.9 Å². The van der Waals surface area contributed by atoms with Crippen molar-refractivity contribution in [2.45, 2.75) is 38.8 Å². The number of hydrogen-bond donors (Lipinski definition) is 1. The first-order valence-corrected chi connectivity index (χ1v) is 7.76. The van der Waals surface area contributed by atoms with Gasteiger partial charge in [-0.05, 0) is 40.4 Å². The monoisotopic (exact) mass is 356 g/mol. The minimum atomic E-state index is -0.838. The predicted octanol–water partition coefficient (Wildman–Crippen LogP) is 2.61. The topological polar surface area (TPSA) is 49.4 Å². The molecule has 2 rings (SSSR count). The van der Waals surface area contributed by atoms with Gasteiger partial charge in [-0.25, -0.2) is 4.39 Å². The number of carbonyl (C=O) groups is 2. The van der Waals surface area contributed by atoms with E-state index < -0.39 is 5.54 Å². The lowest BCUT2D eigenvalue weighted by Gasteiger charge is -2.41. The molecule has 1 N–H and O–H groups in total. The molecule has 0 saturated carbocycles. The van der Waals surface area contributed by atoms with Gasteiger partial charge in [0.25, 0.3) is 0 Å². The van der Waals surface area contributed by atoms with Crippen LogP contribution in [0.4, 0.5) is 4.39 Å². The molecule has 1 aromatic rings. The van der Waals surface area contributed by atoms with Crippen molar-refractivity contribution in [1.82, 2.24) is 10.2 Å². The lowest BCUT2D eigenvalue weighted by Crippen LogP contribution is -2.65.